The summed E-state index contributed by atoms with van der Waals surface area (Å²) >= 11 is 0. The van der Waals surface area contributed by atoms with Gasteiger partial charge in [0.05, 0.1) is 11.8 Å². The molecule has 0 aliphatic carbocycles. The number of aromatic nitrogens is 2. The van der Waals surface area contributed by atoms with Crippen molar-refractivity contribution < 1.29 is 9.84 Å². The molecule has 24 heavy (non-hydrogen) atoms. The summed E-state index contributed by atoms with van der Waals surface area (Å²) in [6, 6.07) is 12.0. The fourth-order valence-corrected chi connectivity index (χ4v) is 2.56. The van der Waals surface area contributed by atoms with Gasteiger partial charge in [-0.1, -0.05) is 18.2 Å². The van der Waals surface area contributed by atoms with Crippen molar-refractivity contribution >= 4 is 5.65 Å². The molecule has 0 aliphatic heterocycles. The Hall–Kier alpha value is -2.37. The van der Waals surface area contributed by atoms with Gasteiger partial charge in [-0.15, -0.1) is 0 Å². The van der Waals surface area contributed by atoms with Crippen molar-refractivity contribution in [2.24, 2.45) is 0 Å². The molecule has 126 valence electrons. The van der Waals surface area contributed by atoms with Crippen molar-refractivity contribution in [3.05, 3.63) is 65.6 Å². The standard InChI is InChI=1S/C19H23N3O2/c1-14-4-3-9-22-12-17(21-19(14)22)13-24-18-7-5-16(6-8-18)11-20-10-15(2)23/h3-9,12,15,20,23H,10-11,13H2,1-2H3/t15-/m1/s1. The van der Waals surface area contributed by atoms with E-state index in [-0.39, 0.29) is 6.10 Å². The van der Waals surface area contributed by atoms with Crippen LogP contribution in [0.2, 0.25) is 0 Å². The molecule has 0 saturated carbocycles. The Bertz CT molecular complexity index is 794. The van der Waals surface area contributed by atoms with Crippen molar-refractivity contribution in [2.75, 3.05) is 6.54 Å². The summed E-state index contributed by atoms with van der Waals surface area (Å²) in [6.07, 6.45) is 3.66. The number of rotatable bonds is 7. The van der Waals surface area contributed by atoms with Crippen LogP contribution in [0.25, 0.3) is 5.65 Å². The molecule has 5 nitrogen and oxygen atoms in total. The first-order valence-electron chi connectivity index (χ1n) is 8.15. The molecular formula is C19H23N3O2. The van der Waals surface area contributed by atoms with E-state index < -0.39 is 0 Å². The number of imidazole rings is 1. The molecule has 1 atom stereocenters. The van der Waals surface area contributed by atoms with Gasteiger partial charge in [0.25, 0.3) is 0 Å². The summed E-state index contributed by atoms with van der Waals surface area (Å²) in [7, 11) is 0. The maximum absolute atomic E-state index is 9.23. The Labute approximate surface area is 141 Å². The molecule has 0 aliphatic rings. The molecule has 1 aromatic carbocycles. The number of benzene rings is 1. The van der Waals surface area contributed by atoms with E-state index in [4.69, 9.17) is 4.74 Å². The normalized spacial score (nSPS) is 12.5. The molecule has 0 amide bonds. The van der Waals surface area contributed by atoms with Gasteiger partial charge in [-0.3, -0.25) is 0 Å². The average Bonchev–Trinajstić information content (AvgIpc) is 2.98. The summed E-state index contributed by atoms with van der Waals surface area (Å²) in [5, 5.41) is 12.4. The van der Waals surface area contributed by atoms with Crippen LogP contribution < -0.4 is 10.1 Å². The molecule has 0 spiro atoms. The van der Waals surface area contributed by atoms with Crippen LogP contribution in [0.15, 0.2) is 48.8 Å². The van der Waals surface area contributed by atoms with Crippen molar-refractivity contribution in [1.82, 2.24) is 14.7 Å². The van der Waals surface area contributed by atoms with Crippen molar-refractivity contribution in [3.8, 4) is 5.75 Å². The van der Waals surface area contributed by atoms with Crippen LogP contribution in [-0.2, 0) is 13.2 Å². The van der Waals surface area contributed by atoms with Gasteiger partial charge in [-0.25, -0.2) is 4.98 Å². The number of pyridine rings is 1. The third-order valence-corrected chi connectivity index (χ3v) is 3.81. The molecule has 3 rings (SSSR count). The van der Waals surface area contributed by atoms with Gasteiger partial charge in [0.2, 0.25) is 0 Å². The number of aliphatic hydroxyl groups excluding tert-OH is 1. The highest BCUT2D eigenvalue weighted by Gasteiger charge is 2.04. The second-order valence-electron chi connectivity index (χ2n) is 6.07. The lowest BCUT2D eigenvalue weighted by Crippen LogP contribution is -2.23. The monoisotopic (exact) mass is 325 g/mol. The first kappa shape index (κ1) is 16.5. The minimum absolute atomic E-state index is 0.332. The number of aryl methyl sites for hydroxylation is 1. The third kappa shape index (κ3) is 4.13. The maximum atomic E-state index is 9.23. The van der Waals surface area contributed by atoms with E-state index in [9.17, 15) is 5.11 Å². The zero-order valence-corrected chi connectivity index (χ0v) is 14.1. The number of hydrogen-bond donors (Lipinski definition) is 2. The van der Waals surface area contributed by atoms with E-state index in [0.717, 1.165) is 34.8 Å². The highest BCUT2D eigenvalue weighted by atomic mass is 16.5. The second-order valence-corrected chi connectivity index (χ2v) is 6.07. The number of ether oxygens (including phenoxy) is 1. The Morgan fingerprint density at radius 2 is 2.04 bits per heavy atom. The molecular weight excluding hydrogens is 302 g/mol. The highest BCUT2D eigenvalue weighted by Crippen LogP contribution is 2.15. The number of fused-ring (bicyclic) bond motifs is 1. The Morgan fingerprint density at radius 1 is 1.25 bits per heavy atom. The van der Waals surface area contributed by atoms with E-state index in [1.54, 1.807) is 6.92 Å². The van der Waals surface area contributed by atoms with Crippen molar-refractivity contribution in [2.45, 2.75) is 33.1 Å². The molecule has 0 radical (unpaired) electrons. The lowest BCUT2D eigenvalue weighted by atomic mass is 10.2. The molecule has 2 heterocycles. The lowest BCUT2D eigenvalue weighted by molar-refractivity contribution is 0.191. The van der Waals surface area contributed by atoms with Crippen LogP contribution >= 0.6 is 0 Å². The minimum Gasteiger partial charge on any atom is -0.487 e. The summed E-state index contributed by atoms with van der Waals surface area (Å²) in [4.78, 5) is 4.61. The third-order valence-electron chi connectivity index (χ3n) is 3.81. The first-order chi connectivity index (χ1) is 11.6. The SMILES string of the molecule is Cc1cccn2cc(COc3ccc(CNC[C@@H](C)O)cc3)nc12. The average molecular weight is 325 g/mol. The fraction of sp³-hybridized carbons (Fsp3) is 0.316. The number of nitrogens with zero attached hydrogens (tertiary/aromatic N) is 2. The minimum atomic E-state index is -0.332. The topological polar surface area (TPSA) is 58.8 Å². The molecule has 5 heteroatoms. The van der Waals surface area contributed by atoms with Gasteiger partial charge in [-0.05, 0) is 43.2 Å². The van der Waals surface area contributed by atoms with Gasteiger partial charge in [0.15, 0.2) is 0 Å². The van der Waals surface area contributed by atoms with E-state index in [0.29, 0.717) is 13.2 Å². The molecule has 0 bridgehead atoms. The first-order valence-corrected chi connectivity index (χ1v) is 8.15. The van der Waals surface area contributed by atoms with E-state index >= 15 is 0 Å². The van der Waals surface area contributed by atoms with E-state index in [1.165, 1.54) is 0 Å². The summed E-state index contributed by atoms with van der Waals surface area (Å²) < 4.78 is 7.84. The predicted octanol–water partition coefficient (Wildman–Crippen LogP) is 2.69. The quantitative estimate of drug-likeness (QED) is 0.701. The Kier molecular flexibility index (Phi) is 5.13. The van der Waals surface area contributed by atoms with Crippen LogP contribution in [0.1, 0.15) is 23.7 Å². The molecule has 0 saturated heterocycles. The van der Waals surface area contributed by atoms with Crippen molar-refractivity contribution in [3.63, 3.8) is 0 Å². The molecule has 2 aromatic heterocycles. The number of aliphatic hydroxyl groups is 1. The summed E-state index contributed by atoms with van der Waals surface area (Å²) in [5.41, 5.74) is 4.19. The smallest absolute Gasteiger partial charge is 0.140 e. The second kappa shape index (κ2) is 7.47. The Morgan fingerprint density at radius 3 is 2.75 bits per heavy atom. The van der Waals surface area contributed by atoms with Crippen LogP contribution in [-0.4, -0.2) is 27.1 Å². The Balaban J connectivity index is 1.56. The molecule has 0 unspecified atom stereocenters. The maximum Gasteiger partial charge on any atom is 0.140 e. The van der Waals surface area contributed by atoms with Crippen LogP contribution in [0.4, 0.5) is 0 Å². The zero-order valence-electron chi connectivity index (χ0n) is 14.1. The molecule has 2 N–H and O–H groups in total. The molecule has 3 aromatic rings. The lowest BCUT2D eigenvalue weighted by Gasteiger charge is -2.08. The summed E-state index contributed by atoms with van der Waals surface area (Å²) in [5.74, 6) is 0.822. The predicted molar refractivity (Wildman–Crippen MR) is 94.1 cm³/mol. The van der Waals surface area contributed by atoms with E-state index in [1.807, 2.05) is 47.1 Å². The van der Waals surface area contributed by atoms with Crippen LogP contribution in [0.3, 0.4) is 0 Å². The van der Waals surface area contributed by atoms with Crippen LogP contribution in [0.5, 0.6) is 5.75 Å². The fourth-order valence-electron chi connectivity index (χ4n) is 2.56. The zero-order chi connectivity index (χ0) is 16.9. The number of nitrogens with one attached hydrogen (secondary N) is 1. The van der Waals surface area contributed by atoms with Gasteiger partial charge in [-0.2, -0.15) is 0 Å². The largest absolute Gasteiger partial charge is 0.487 e. The number of hydrogen-bond acceptors (Lipinski definition) is 4. The van der Waals surface area contributed by atoms with Gasteiger partial charge < -0.3 is 19.6 Å². The van der Waals surface area contributed by atoms with E-state index in [2.05, 4.69) is 23.3 Å². The van der Waals surface area contributed by atoms with Crippen molar-refractivity contribution in [1.29, 1.82) is 0 Å². The van der Waals surface area contributed by atoms with Crippen LogP contribution in [0, 0.1) is 6.92 Å². The van der Waals surface area contributed by atoms with Gasteiger partial charge in [0, 0.05) is 25.5 Å². The highest BCUT2D eigenvalue weighted by molar-refractivity contribution is 5.47. The molecule has 0 fully saturated rings. The summed E-state index contributed by atoms with van der Waals surface area (Å²) in [6.45, 7) is 5.59. The van der Waals surface area contributed by atoms with Gasteiger partial charge in [0.1, 0.15) is 18.0 Å². The van der Waals surface area contributed by atoms with Gasteiger partial charge >= 0.3 is 0 Å².